The Morgan fingerprint density at radius 2 is 1.95 bits per heavy atom. The third-order valence-electron chi connectivity index (χ3n) is 3.00. The van der Waals surface area contributed by atoms with E-state index in [0.717, 1.165) is 42.1 Å². The number of ether oxygens (including phenoxy) is 1. The van der Waals surface area contributed by atoms with Crippen LogP contribution in [0.3, 0.4) is 0 Å². The van der Waals surface area contributed by atoms with Gasteiger partial charge in [-0.3, -0.25) is 0 Å². The van der Waals surface area contributed by atoms with Crippen LogP contribution >= 0.6 is 0 Å². The van der Waals surface area contributed by atoms with Crippen LogP contribution in [0.25, 0.3) is 11.1 Å². The molecule has 0 saturated carbocycles. The first-order chi connectivity index (χ1) is 9.72. The van der Waals surface area contributed by atoms with Crippen molar-refractivity contribution in [2.24, 2.45) is 0 Å². The zero-order valence-electron chi connectivity index (χ0n) is 12.5. The van der Waals surface area contributed by atoms with E-state index in [1.807, 2.05) is 38.1 Å². The van der Waals surface area contributed by atoms with Gasteiger partial charge < -0.3 is 14.5 Å². The van der Waals surface area contributed by atoms with E-state index >= 15 is 0 Å². The molecule has 2 aromatic rings. The molecule has 0 aliphatic heterocycles. The summed E-state index contributed by atoms with van der Waals surface area (Å²) in [5, 5.41) is 3.37. The molecule has 20 heavy (non-hydrogen) atoms. The average Bonchev–Trinajstić information content (AvgIpc) is 2.87. The van der Waals surface area contributed by atoms with Crippen LogP contribution in [0.1, 0.15) is 33.0 Å². The van der Waals surface area contributed by atoms with E-state index in [4.69, 9.17) is 9.15 Å². The fourth-order valence-electron chi connectivity index (χ4n) is 2.14. The molecule has 2 rings (SSSR count). The van der Waals surface area contributed by atoms with Gasteiger partial charge in [0.05, 0.1) is 18.9 Å². The average molecular weight is 273 g/mol. The highest BCUT2D eigenvalue weighted by Crippen LogP contribution is 2.33. The lowest BCUT2D eigenvalue weighted by Gasteiger charge is -2.14. The largest absolute Gasteiger partial charge is 0.490 e. The summed E-state index contributed by atoms with van der Waals surface area (Å²) in [6.45, 7) is 7.96. The highest BCUT2D eigenvalue weighted by molar-refractivity contribution is 5.72. The zero-order chi connectivity index (χ0) is 14.4. The molecule has 1 aromatic heterocycles. The predicted molar refractivity (Wildman–Crippen MR) is 81.9 cm³/mol. The molecule has 3 nitrogen and oxygen atoms in total. The molecule has 0 fully saturated rings. The zero-order valence-corrected chi connectivity index (χ0v) is 12.5. The van der Waals surface area contributed by atoms with Crippen molar-refractivity contribution < 1.29 is 9.15 Å². The second kappa shape index (κ2) is 7.15. The van der Waals surface area contributed by atoms with Gasteiger partial charge in [-0.15, -0.1) is 0 Å². The minimum absolute atomic E-state index is 0.157. The van der Waals surface area contributed by atoms with Gasteiger partial charge in [-0.25, -0.2) is 0 Å². The van der Waals surface area contributed by atoms with Crippen molar-refractivity contribution in [2.75, 3.05) is 6.54 Å². The van der Waals surface area contributed by atoms with Crippen LogP contribution in [-0.4, -0.2) is 12.6 Å². The molecular formula is C17H23NO2. The Bertz CT molecular complexity index is 531. The molecule has 0 unspecified atom stereocenters. The summed E-state index contributed by atoms with van der Waals surface area (Å²) < 4.78 is 11.5. The lowest BCUT2D eigenvalue weighted by molar-refractivity contribution is 0.243. The van der Waals surface area contributed by atoms with E-state index in [0.29, 0.717) is 0 Å². The van der Waals surface area contributed by atoms with Crippen molar-refractivity contribution in [3.05, 3.63) is 42.4 Å². The van der Waals surface area contributed by atoms with Gasteiger partial charge in [0.1, 0.15) is 11.5 Å². The van der Waals surface area contributed by atoms with Crippen LogP contribution in [0, 0.1) is 0 Å². The van der Waals surface area contributed by atoms with Gasteiger partial charge in [0.25, 0.3) is 0 Å². The summed E-state index contributed by atoms with van der Waals surface area (Å²) in [7, 11) is 0. The Kier molecular flexibility index (Phi) is 5.24. The molecule has 0 saturated heterocycles. The van der Waals surface area contributed by atoms with Crippen molar-refractivity contribution in [1.82, 2.24) is 5.32 Å². The highest BCUT2D eigenvalue weighted by Gasteiger charge is 2.13. The Balaban J connectivity index is 2.25. The summed E-state index contributed by atoms with van der Waals surface area (Å²) in [6.07, 6.45) is 3.01. The Hall–Kier alpha value is -1.74. The molecule has 0 aliphatic rings. The van der Waals surface area contributed by atoms with Gasteiger partial charge in [-0.05, 0) is 38.9 Å². The Morgan fingerprint density at radius 3 is 2.70 bits per heavy atom. The number of rotatable bonds is 7. The molecule has 0 atom stereocenters. The highest BCUT2D eigenvalue weighted by atomic mass is 16.5. The summed E-state index contributed by atoms with van der Waals surface area (Å²) in [4.78, 5) is 0. The molecule has 3 heteroatoms. The molecule has 0 radical (unpaired) electrons. The number of furan rings is 1. The van der Waals surface area contributed by atoms with E-state index in [1.54, 1.807) is 6.26 Å². The Labute approximate surface area is 121 Å². The topological polar surface area (TPSA) is 34.4 Å². The standard InChI is InChI=1S/C17H23NO2/c1-4-10-18-12-17-15(9-11-19-17)14-7-5-6-8-16(14)20-13(2)3/h5-9,11,13,18H,4,10,12H2,1-3H3. The fraction of sp³-hybridized carbons (Fsp3) is 0.412. The van der Waals surface area contributed by atoms with E-state index in [-0.39, 0.29) is 6.10 Å². The monoisotopic (exact) mass is 273 g/mol. The summed E-state index contributed by atoms with van der Waals surface area (Å²) in [5.74, 6) is 1.86. The first-order valence-electron chi connectivity index (χ1n) is 7.25. The molecule has 0 amide bonds. The molecule has 0 aliphatic carbocycles. The van der Waals surface area contributed by atoms with Crippen LogP contribution in [0.4, 0.5) is 0 Å². The van der Waals surface area contributed by atoms with E-state index in [2.05, 4.69) is 18.3 Å². The van der Waals surface area contributed by atoms with Crippen molar-refractivity contribution in [2.45, 2.75) is 39.8 Å². The van der Waals surface area contributed by atoms with Crippen molar-refractivity contribution in [1.29, 1.82) is 0 Å². The van der Waals surface area contributed by atoms with Gasteiger partial charge >= 0.3 is 0 Å². The molecule has 0 bridgehead atoms. The van der Waals surface area contributed by atoms with Crippen molar-refractivity contribution in [3.8, 4) is 16.9 Å². The number of benzene rings is 1. The van der Waals surface area contributed by atoms with Crippen molar-refractivity contribution >= 4 is 0 Å². The van der Waals surface area contributed by atoms with Gasteiger partial charge in [0.15, 0.2) is 0 Å². The molecule has 1 N–H and O–H groups in total. The lowest BCUT2D eigenvalue weighted by Crippen LogP contribution is -2.14. The number of para-hydroxylation sites is 1. The molecule has 108 valence electrons. The van der Waals surface area contributed by atoms with Gasteiger partial charge in [0.2, 0.25) is 0 Å². The SMILES string of the molecule is CCCNCc1occc1-c1ccccc1OC(C)C. The van der Waals surface area contributed by atoms with Crippen LogP contribution in [0.2, 0.25) is 0 Å². The Morgan fingerprint density at radius 1 is 1.15 bits per heavy atom. The lowest BCUT2D eigenvalue weighted by atomic mass is 10.0. The molecular weight excluding hydrogens is 250 g/mol. The number of hydrogen-bond acceptors (Lipinski definition) is 3. The minimum Gasteiger partial charge on any atom is -0.490 e. The predicted octanol–water partition coefficient (Wildman–Crippen LogP) is 4.23. The smallest absolute Gasteiger partial charge is 0.127 e. The maximum Gasteiger partial charge on any atom is 0.127 e. The third kappa shape index (κ3) is 3.64. The van der Waals surface area contributed by atoms with E-state index < -0.39 is 0 Å². The second-order valence-electron chi connectivity index (χ2n) is 5.10. The summed E-state index contributed by atoms with van der Waals surface area (Å²) >= 11 is 0. The third-order valence-corrected chi connectivity index (χ3v) is 3.00. The minimum atomic E-state index is 0.157. The van der Waals surface area contributed by atoms with E-state index in [9.17, 15) is 0 Å². The number of nitrogens with one attached hydrogen (secondary N) is 1. The first-order valence-corrected chi connectivity index (χ1v) is 7.25. The molecule has 0 spiro atoms. The van der Waals surface area contributed by atoms with Crippen LogP contribution in [-0.2, 0) is 6.54 Å². The van der Waals surface area contributed by atoms with Crippen molar-refractivity contribution in [3.63, 3.8) is 0 Å². The van der Waals surface area contributed by atoms with Crippen LogP contribution in [0.15, 0.2) is 41.0 Å². The normalized spacial score (nSPS) is 11.0. The van der Waals surface area contributed by atoms with E-state index in [1.165, 1.54) is 0 Å². The maximum atomic E-state index is 5.89. The maximum absolute atomic E-state index is 5.89. The van der Waals surface area contributed by atoms with Crippen LogP contribution in [0.5, 0.6) is 5.75 Å². The summed E-state index contributed by atoms with van der Waals surface area (Å²) in [6, 6.07) is 10.1. The van der Waals surface area contributed by atoms with Gasteiger partial charge in [0, 0.05) is 11.1 Å². The van der Waals surface area contributed by atoms with Gasteiger partial charge in [-0.1, -0.05) is 25.1 Å². The quantitative estimate of drug-likeness (QED) is 0.766. The summed E-state index contributed by atoms with van der Waals surface area (Å²) in [5.41, 5.74) is 2.19. The first kappa shape index (κ1) is 14.7. The fourth-order valence-corrected chi connectivity index (χ4v) is 2.14. The van der Waals surface area contributed by atoms with Crippen LogP contribution < -0.4 is 10.1 Å². The second-order valence-corrected chi connectivity index (χ2v) is 5.10. The van der Waals surface area contributed by atoms with Gasteiger partial charge in [-0.2, -0.15) is 0 Å². The molecule has 1 heterocycles. The molecule has 1 aromatic carbocycles. The number of hydrogen-bond donors (Lipinski definition) is 1.